The molecule has 0 fully saturated rings. The van der Waals surface area contributed by atoms with Crippen LogP contribution in [0.15, 0.2) is 30.3 Å². The molecule has 0 aliphatic carbocycles. The third-order valence-electron chi connectivity index (χ3n) is 2.99. The topological polar surface area (TPSA) is 0 Å². The number of benzene rings is 2. The molecule has 4 heteroatoms. The van der Waals surface area contributed by atoms with Crippen molar-refractivity contribution in [1.82, 2.24) is 0 Å². The number of hydrogen-bond acceptors (Lipinski definition) is 0. The molecule has 100 valence electrons. The van der Waals surface area contributed by atoms with Gasteiger partial charge >= 0.3 is 0 Å². The predicted molar refractivity (Wildman–Crippen MR) is 73.0 cm³/mol. The molecule has 0 amide bonds. The van der Waals surface area contributed by atoms with Crippen molar-refractivity contribution in [1.29, 1.82) is 0 Å². The lowest BCUT2D eigenvalue weighted by Gasteiger charge is -2.13. The molecule has 0 aromatic heterocycles. The van der Waals surface area contributed by atoms with E-state index in [1.165, 1.54) is 6.07 Å². The Bertz CT molecular complexity index is 600. The second kappa shape index (κ2) is 5.37. The van der Waals surface area contributed by atoms with Crippen molar-refractivity contribution < 1.29 is 13.2 Å². The van der Waals surface area contributed by atoms with E-state index in [9.17, 15) is 13.2 Å². The summed E-state index contributed by atoms with van der Waals surface area (Å²) in [5.41, 5.74) is 2.45. The van der Waals surface area contributed by atoms with Gasteiger partial charge < -0.3 is 0 Å². The fraction of sp³-hybridized carbons (Fsp3) is 0.200. The van der Waals surface area contributed by atoms with Crippen molar-refractivity contribution in [2.24, 2.45) is 0 Å². The van der Waals surface area contributed by atoms with Crippen molar-refractivity contribution in [2.45, 2.75) is 18.7 Å². The summed E-state index contributed by atoms with van der Waals surface area (Å²) in [5.74, 6) is -2.01. The Morgan fingerprint density at radius 3 is 1.95 bits per heavy atom. The number of alkyl halides is 1. The molecule has 19 heavy (non-hydrogen) atoms. The second-order valence-corrected chi connectivity index (χ2v) is 5.42. The molecule has 0 radical (unpaired) electrons. The van der Waals surface area contributed by atoms with Gasteiger partial charge in [-0.3, -0.25) is 0 Å². The molecule has 0 saturated carbocycles. The highest BCUT2D eigenvalue weighted by molar-refractivity contribution is 9.09. The van der Waals surface area contributed by atoms with Gasteiger partial charge in [0.25, 0.3) is 0 Å². The zero-order chi connectivity index (χ0) is 14.2. The van der Waals surface area contributed by atoms with Crippen LogP contribution in [-0.4, -0.2) is 0 Å². The first-order valence-electron chi connectivity index (χ1n) is 5.76. The van der Waals surface area contributed by atoms with Crippen molar-refractivity contribution in [3.63, 3.8) is 0 Å². The van der Waals surface area contributed by atoms with Gasteiger partial charge in [0.2, 0.25) is 0 Å². The molecule has 0 saturated heterocycles. The van der Waals surface area contributed by atoms with Crippen LogP contribution in [0.4, 0.5) is 13.2 Å². The molecule has 0 N–H and O–H groups in total. The van der Waals surface area contributed by atoms with Crippen molar-refractivity contribution in [3.05, 3.63) is 70.0 Å². The molecular formula is C15H12BrF3. The average Bonchev–Trinajstić information content (AvgIpc) is 2.37. The molecule has 1 unspecified atom stereocenters. The van der Waals surface area contributed by atoms with Crippen molar-refractivity contribution in [3.8, 4) is 0 Å². The van der Waals surface area contributed by atoms with Crippen LogP contribution in [0, 0.1) is 31.3 Å². The third-order valence-corrected chi connectivity index (χ3v) is 4.05. The van der Waals surface area contributed by atoms with Gasteiger partial charge in [-0.1, -0.05) is 34.1 Å². The quantitative estimate of drug-likeness (QED) is 0.664. The van der Waals surface area contributed by atoms with E-state index in [1.54, 1.807) is 26.0 Å². The van der Waals surface area contributed by atoms with Crippen LogP contribution in [0.5, 0.6) is 0 Å². The van der Waals surface area contributed by atoms with Crippen molar-refractivity contribution >= 4 is 15.9 Å². The van der Waals surface area contributed by atoms with Gasteiger partial charge in [0.15, 0.2) is 11.6 Å². The number of rotatable bonds is 2. The van der Waals surface area contributed by atoms with Crippen LogP contribution in [0.3, 0.4) is 0 Å². The molecule has 0 nitrogen and oxygen atoms in total. The fourth-order valence-electron chi connectivity index (χ4n) is 1.99. The summed E-state index contributed by atoms with van der Waals surface area (Å²) in [6.07, 6.45) is 0. The van der Waals surface area contributed by atoms with Crippen LogP contribution in [-0.2, 0) is 0 Å². The van der Waals surface area contributed by atoms with Gasteiger partial charge in [-0.05, 0) is 48.2 Å². The van der Waals surface area contributed by atoms with Gasteiger partial charge in [0, 0.05) is 0 Å². The van der Waals surface area contributed by atoms with E-state index in [2.05, 4.69) is 15.9 Å². The molecule has 2 aromatic rings. The molecule has 0 bridgehead atoms. The van der Waals surface area contributed by atoms with Crippen LogP contribution in [0.2, 0.25) is 0 Å². The van der Waals surface area contributed by atoms with E-state index in [1.807, 2.05) is 0 Å². The number of halogens is 4. The first kappa shape index (κ1) is 14.1. The minimum atomic E-state index is -0.891. The Morgan fingerprint density at radius 2 is 1.42 bits per heavy atom. The molecular weight excluding hydrogens is 317 g/mol. The predicted octanol–water partition coefficient (Wildman–Crippen LogP) is 5.21. The summed E-state index contributed by atoms with van der Waals surface area (Å²) in [7, 11) is 0. The third kappa shape index (κ3) is 2.84. The molecule has 2 aromatic carbocycles. The first-order valence-corrected chi connectivity index (χ1v) is 6.67. The lowest BCUT2D eigenvalue weighted by atomic mass is 10.00. The maximum atomic E-state index is 13.6. The maximum absolute atomic E-state index is 13.6. The standard InChI is InChI=1S/C15H12BrF3/c1-8-5-11(6-9(2)15(8)19)14(16)10-3-4-12(17)13(18)7-10/h3-7,14H,1-2H3. The molecule has 0 aliphatic heterocycles. The highest BCUT2D eigenvalue weighted by Gasteiger charge is 2.15. The molecule has 1 atom stereocenters. The van der Waals surface area contributed by atoms with Gasteiger partial charge in [-0.25, -0.2) is 13.2 Å². The zero-order valence-corrected chi connectivity index (χ0v) is 12.1. The smallest absolute Gasteiger partial charge is 0.159 e. The zero-order valence-electron chi connectivity index (χ0n) is 10.5. The minimum absolute atomic E-state index is 0.242. The number of hydrogen-bond donors (Lipinski definition) is 0. The Labute approximate surface area is 118 Å². The Morgan fingerprint density at radius 1 is 0.842 bits per heavy atom. The molecule has 0 spiro atoms. The fourth-order valence-corrected chi connectivity index (χ4v) is 2.54. The average molecular weight is 329 g/mol. The summed E-state index contributed by atoms with van der Waals surface area (Å²) >= 11 is 3.43. The van der Waals surface area contributed by atoms with Gasteiger partial charge in [0.05, 0.1) is 4.83 Å². The first-order chi connectivity index (χ1) is 8.90. The second-order valence-electron chi connectivity index (χ2n) is 4.50. The summed E-state index contributed by atoms with van der Waals surface area (Å²) in [4.78, 5) is -0.305. The lowest BCUT2D eigenvalue weighted by Crippen LogP contribution is -1.98. The Hall–Kier alpha value is -1.29. The van der Waals surface area contributed by atoms with E-state index >= 15 is 0 Å². The monoisotopic (exact) mass is 328 g/mol. The SMILES string of the molecule is Cc1cc(C(Br)c2ccc(F)c(F)c2)cc(C)c1F. The van der Waals surface area contributed by atoms with Crippen LogP contribution >= 0.6 is 15.9 Å². The Balaban J connectivity index is 2.43. The number of aryl methyl sites for hydroxylation is 2. The van der Waals surface area contributed by atoms with E-state index < -0.39 is 11.6 Å². The summed E-state index contributed by atoms with van der Waals surface area (Å²) in [6, 6.07) is 7.13. The molecule has 0 aliphatic rings. The summed E-state index contributed by atoms with van der Waals surface area (Å²) < 4.78 is 39.7. The highest BCUT2D eigenvalue weighted by atomic mass is 79.9. The van der Waals surface area contributed by atoms with E-state index in [0.29, 0.717) is 16.7 Å². The lowest BCUT2D eigenvalue weighted by molar-refractivity contribution is 0.507. The Kier molecular flexibility index (Phi) is 3.99. The maximum Gasteiger partial charge on any atom is 0.159 e. The van der Waals surface area contributed by atoms with Gasteiger partial charge in [-0.15, -0.1) is 0 Å². The normalized spacial score (nSPS) is 12.5. The van der Waals surface area contributed by atoms with Crippen molar-refractivity contribution in [2.75, 3.05) is 0 Å². The van der Waals surface area contributed by atoms with Crippen LogP contribution < -0.4 is 0 Å². The summed E-state index contributed by atoms with van der Waals surface area (Å²) in [6.45, 7) is 3.35. The van der Waals surface area contributed by atoms with Crippen LogP contribution in [0.1, 0.15) is 27.1 Å². The molecule has 0 heterocycles. The van der Waals surface area contributed by atoms with E-state index in [4.69, 9.17) is 0 Å². The van der Waals surface area contributed by atoms with Gasteiger partial charge in [-0.2, -0.15) is 0 Å². The van der Waals surface area contributed by atoms with E-state index in [-0.39, 0.29) is 10.6 Å². The molecule has 2 rings (SSSR count). The van der Waals surface area contributed by atoms with Crippen LogP contribution in [0.25, 0.3) is 0 Å². The summed E-state index contributed by atoms with van der Waals surface area (Å²) in [5, 5.41) is 0. The highest BCUT2D eigenvalue weighted by Crippen LogP contribution is 2.33. The largest absolute Gasteiger partial charge is 0.206 e. The minimum Gasteiger partial charge on any atom is -0.206 e. The van der Waals surface area contributed by atoms with E-state index in [0.717, 1.165) is 17.7 Å². The van der Waals surface area contributed by atoms with Gasteiger partial charge in [0.1, 0.15) is 5.82 Å².